The van der Waals surface area contributed by atoms with Crippen LogP contribution in [0.4, 0.5) is 0 Å². The molecule has 1 aromatic rings. The lowest BCUT2D eigenvalue weighted by Crippen LogP contribution is -2.42. The maximum Gasteiger partial charge on any atom is 0.118 e. The van der Waals surface area contributed by atoms with Gasteiger partial charge in [-0.25, -0.2) is 0 Å². The number of hydrogen-bond donors (Lipinski definition) is 1. The van der Waals surface area contributed by atoms with Crippen molar-refractivity contribution in [3.05, 3.63) is 29.8 Å². The summed E-state index contributed by atoms with van der Waals surface area (Å²) < 4.78 is 5.18. The van der Waals surface area contributed by atoms with Gasteiger partial charge in [-0.05, 0) is 37.2 Å². The van der Waals surface area contributed by atoms with Crippen molar-refractivity contribution in [3.63, 3.8) is 0 Å². The predicted molar refractivity (Wildman–Crippen MR) is 81.6 cm³/mol. The van der Waals surface area contributed by atoms with E-state index in [-0.39, 0.29) is 0 Å². The van der Waals surface area contributed by atoms with Crippen LogP contribution in [0.5, 0.6) is 5.75 Å². The molecule has 1 unspecified atom stereocenters. The molecule has 1 rings (SSSR count). The Morgan fingerprint density at radius 2 is 1.84 bits per heavy atom. The smallest absolute Gasteiger partial charge is 0.118 e. The fourth-order valence-corrected chi connectivity index (χ4v) is 2.22. The highest BCUT2D eigenvalue weighted by Crippen LogP contribution is 2.13. The van der Waals surface area contributed by atoms with Gasteiger partial charge in [0.1, 0.15) is 5.75 Å². The third-order valence-electron chi connectivity index (χ3n) is 3.39. The SMILES string of the molecule is CCNC(CN(C)Cc1ccc(OC)cc1)C(C)C. The van der Waals surface area contributed by atoms with Gasteiger partial charge in [-0.1, -0.05) is 32.9 Å². The first-order chi connectivity index (χ1) is 9.06. The van der Waals surface area contributed by atoms with E-state index in [0.717, 1.165) is 25.4 Å². The predicted octanol–water partition coefficient (Wildman–Crippen LogP) is 2.76. The van der Waals surface area contributed by atoms with Gasteiger partial charge in [0.05, 0.1) is 7.11 Å². The van der Waals surface area contributed by atoms with Crippen LogP contribution in [0, 0.1) is 5.92 Å². The van der Waals surface area contributed by atoms with Crippen molar-refractivity contribution >= 4 is 0 Å². The minimum absolute atomic E-state index is 0.549. The Labute approximate surface area is 118 Å². The molecule has 0 amide bonds. The van der Waals surface area contributed by atoms with E-state index in [4.69, 9.17) is 4.74 Å². The average molecular weight is 264 g/mol. The number of benzene rings is 1. The van der Waals surface area contributed by atoms with Crippen LogP contribution in [-0.2, 0) is 6.54 Å². The van der Waals surface area contributed by atoms with Crippen LogP contribution >= 0.6 is 0 Å². The molecular weight excluding hydrogens is 236 g/mol. The van der Waals surface area contributed by atoms with Crippen LogP contribution in [0.3, 0.4) is 0 Å². The van der Waals surface area contributed by atoms with E-state index in [1.807, 2.05) is 12.1 Å². The van der Waals surface area contributed by atoms with Gasteiger partial charge in [-0.3, -0.25) is 0 Å². The maximum absolute atomic E-state index is 5.18. The molecule has 0 heterocycles. The number of nitrogens with zero attached hydrogens (tertiary/aromatic N) is 1. The molecule has 0 saturated carbocycles. The molecule has 1 atom stereocenters. The highest BCUT2D eigenvalue weighted by Gasteiger charge is 2.14. The third-order valence-corrected chi connectivity index (χ3v) is 3.39. The fourth-order valence-electron chi connectivity index (χ4n) is 2.22. The van der Waals surface area contributed by atoms with Crippen molar-refractivity contribution in [2.75, 3.05) is 27.2 Å². The number of methoxy groups -OCH3 is 1. The van der Waals surface area contributed by atoms with E-state index < -0.39 is 0 Å². The maximum atomic E-state index is 5.18. The minimum atomic E-state index is 0.549. The van der Waals surface area contributed by atoms with Gasteiger partial charge in [-0.2, -0.15) is 0 Å². The molecule has 1 aromatic carbocycles. The zero-order valence-electron chi connectivity index (χ0n) is 12.9. The van der Waals surface area contributed by atoms with Gasteiger partial charge >= 0.3 is 0 Å². The van der Waals surface area contributed by atoms with Gasteiger partial charge in [0, 0.05) is 19.1 Å². The third kappa shape index (κ3) is 5.62. The van der Waals surface area contributed by atoms with E-state index in [2.05, 4.69) is 50.2 Å². The summed E-state index contributed by atoms with van der Waals surface area (Å²) >= 11 is 0. The number of ether oxygens (including phenoxy) is 1. The van der Waals surface area contributed by atoms with Crippen molar-refractivity contribution in [2.24, 2.45) is 5.92 Å². The first-order valence-electron chi connectivity index (χ1n) is 7.11. The van der Waals surface area contributed by atoms with Crippen molar-refractivity contribution in [2.45, 2.75) is 33.4 Å². The van der Waals surface area contributed by atoms with Crippen molar-refractivity contribution < 1.29 is 4.74 Å². The molecule has 19 heavy (non-hydrogen) atoms. The topological polar surface area (TPSA) is 24.5 Å². The lowest BCUT2D eigenvalue weighted by Gasteiger charge is -2.27. The second kappa shape index (κ2) is 8.18. The van der Waals surface area contributed by atoms with Crippen molar-refractivity contribution in [1.82, 2.24) is 10.2 Å². The summed E-state index contributed by atoms with van der Waals surface area (Å²) in [7, 11) is 3.88. The Bertz CT molecular complexity index is 348. The van der Waals surface area contributed by atoms with Gasteiger partial charge in [0.2, 0.25) is 0 Å². The molecule has 0 aromatic heterocycles. The molecule has 0 fully saturated rings. The molecule has 0 aliphatic rings. The van der Waals surface area contributed by atoms with Gasteiger partial charge in [-0.15, -0.1) is 0 Å². The molecule has 0 aliphatic heterocycles. The van der Waals surface area contributed by atoms with Gasteiger partial charge < -0.3 is 15.0 Å². The molecular formula is C16H28N2O. The Morgan fingerprint density at radius 3 is 2.32 bits per heavy atom. The van der Waals surface area contributed by atoms with Gasteiger partial charge in [0.15, 0.2) is 0 Å². The van der Waals surface area contributed by atoms with Crippen LogP contribution in [-0.4, -0.2) is 38.2 Å². The first-order valence-corrected chi connectivity index (χ1v) is 7.11. The zero-order chi connectivity index (χ0) is 14.3. The van der Waals surface area contributed by atoms with E-state index >= 15 is 0 Å². The monoisotopic (exact) mass is 264 g/mol. The van der Waals surface area contributed by atoms with Crippen LogP contribution in [0.1, 0.15) is 26.3 Å². The molecule has 0 bridgehead atoms. The van der Waals surface area contributed by atoms with E-state index in [0.29, 0.717) is 12.0 Å². The zero-order valence-corrected chi connectivity index (χ0v) is 12.9. The summed E-state index contributed by atoms with van der Waals surface area (Å²) in [6.07, 6.45) is 0. The van der Waals surface area contributed by atoms with Crippen LogP contribution < -0.4 is 10.1 Å². The normalized spacial score (nSPS) is 13.0. The summed E-state index contributed by atoms with van der Waals surface area (Å²) in [5.74, 6) is 1.57. The van der Waals surface area contributed by atoms with Crippen molar-refractivity contribution in [1.29, 1.82) is 0 Å². The number of rotatable bonds is 8. The Morgan fingerprint density at radius 1 is 1.21 bits per heavy atom. The lowest BCUT2D eigenvalue weighted by atomic mass is 10.0. The number of likely N-dealkylation sites (N-methyl/N-ethyl adjacent to an activating group) is 2. The first kappa shape index (κ1) is 16.0. The van der Waals surface area contributed by atoms with Gasteiger partial charge in [0.25, 0.3) is 0 Å². The highest BCUT2D eigenvalue weighted by atomic mass is 16.5. The summed E-state index contributed by atoms with van der Waals surface area (Å²) in [5.41, 5.74) is 1.32. The number of nitrogens with one attached hydrogen (secondary N) is 1. The minimum Gasteiger partial charge on any atom is -0.497 e. The van der Waals surface area contributed by atoms with Crippen LogP contribution in [0.25, 0.3) is 0 Å². The molecule has 1 N–H and O–H groups in total. The van der Waals surface area contributed by atoms with E-state index in [1.54, 1.807) is 7.11 Å². The molecule has 108 valence electrons. The molecule has 0 aliphatic carbocycles. The lowest BCUT2D eigenvalue weighted by molar-refractivity contribution is 0.250. The summed E-state index contributed by atoms with van der Waals surface area (Å²) in [5, 5.41) is 3.56. The second-order valence-electron chi connectivity index (χ2n) is 5.45. The Balaban J connectivity index is 2.50. The molecule has 3 nitrogen and oxygen atoms in total. The van der Waals surface area contributed by atoms with Crippen molar-refractivity contribution in [3.8, 4) is 5.75 Å². The summed E-state index contributed by atoms with van der Waals surface area (Å²) in [4.78, 5) is 2.37. The van der Waals surface area contributed by atoms with Crippen LogP contribution in [0.2, 0.25) is 0 Å². The standard InChI is InChI=1S/C16H28N2O/c1-6-17-16(13(2)3)12-18(4)11-14-7-9-15(19-5)10-8-14/h7-10,13,16-17H,6,11-12H2,1-5H3. The largest absolute Gasteiger partial charge is 0.497 e. The average Bonchev–Trinajstić information content (AvgIpc) is 2.39. The molecule has 0 radical (unpaired) electrons. The molecule has 0 saturated heterocycles. The van der Waals surface area contributed by atoms with Crippen LogP contribution in [0.15, 0.2) is 24.3 Å². The van der Waals surface area contributed by atoms with E-state index in [9.17, 15) is 0 Å². The van der Waals surface area contributed by atoms with E-state index in [1.165, 1.54) is 5.56 Å². The Hall–Kier alpha value is -1.06. The number of hydrogen-bond acceptors (Lipinski definition) is 3. The molecule has 3 heteroatoms. The summed E-state index contributed by atoms with van der Waals surface area (Å²) in [6.45, 7) is 9.78. The molecule has 0 spiro atoms. The Kier molecular flexibility index (Phi) is 6.89. The second-order valence-corrected chi connectivity index (χ2v) is 5.45. The quantitative estimate of drug-likeness (QED) is 0.781. The highest BCUT2D eigenvalue weighted by molar-refractivity contribution is 5.27. The fraction of sp³-hybridized carbons (Fsp3) is 0.625. The summed E-state index contributed by atoms with van der Waals surface area (Å²) in [6, 6.07) is 8.86.